The molecule has 1 aromatic carbocycles. The highest BCUT2D eigenvalue weighted by Crippen LogP contribution is 2.17. The molecule has 1 aromatic rings. The number of benzene rings is 1. The first kappa shape index (κ1) is 17.9. The number of hydrogen-bond acceptors (Lipinski definition) is 4. The van der Waals surface area contributed by atoms with Gasteiger partial charge in [0.05, 0.1) is 6.54 Å². The second kappa shape index (κ2) is 8.42. The number of hydrogen-bond donors (Lipinski definition) is 1. The van der Waals surface area contributed by atoms with Crippen molar-refractivity contribution in [3.63, 3.8) is 0 Å². The third kappa shape index (κ3) is 4.78. The molecule has 24 heavy (non-hydrogen) atoms. The molecule has 6 nitrogen and oxygen atoms in total. The van der Waals surface area contributed by atoms with Crippen molar-refractivity contribution in [1.29, 1.82) is 0 Å². The standard InChI is InChI=1S/C17H22FN3O3/c1-2-4-15(22)17(24)19-12-16(23)21-9-7-20(8-10-21)14-6-3-5-13(18)11-14/h3,5-6,11H,2,4,7-10,12H2,1H3,(H,19,24). The number of carbonyl (C=O) groups is 3. The summed E-state index contributed by atoms with van der Waals surface area (Å²) in [5.41, 5.74) is 0.792. The van der Waals surface area contributed by atoms with Crippen LogP contribution in [-0.2, 0) is 14.4 Å². The van der Waals surface area contributed by atoms with Crippen molar-refractivity contribution in [3.8, 4) is 0 Å². The van der Waals surface area contributed by atoms with E-state index in [2.05, 4.69) is 5.32 Å². The smallest absolute Gasteiger partial charge is 0.287 e. The molecule has 1 heterocycles. The Morgan fingerprint density at radius 1 is 1.17 bits per heavy atom. The molecule has 1 aliphatic rings. The zero-order valence-electron chi connectivity index (χ0n) is 13.8. The average molecular weight is 335 g/mol. The van der Waals surface area contributed by atoms with E-state index in [1.54, 1.807) is 11.0 Å². The zero-order valence-corrected chi connectivity index (χ0v) is 13.8. The molecule has 0 radical (unpaired) electrons. The van der Waals surface area contributed by atoms with Crippen LogP contribution in [0.25, 0.3) is 0 Å². The van der Waals surface area contributed by atoms with Gasteiger partial charge in [0.1, 0.15) is 5.82 Å². The van der Waals surface area contributed by atoms with Crippen molar-refractivity contribution < 1.29 is 18.8 Å². The van der Waals surface area contributed by atoms with Gasteiger partial charge < -0.3 is 15.1 Å². The number of ketones is 1. The minimum atomic E-state index is -0.705. The number of nitrogens with zero attached hydrogens (tertiary/aromatic N) is 2. The maximum atomic E-state index is 13.3. The summed E-state index contributed by atoms with van der Waals surface area (Å²) in [6.45, 7) is 3.82. The van der Waals surface area contributed by atoms with E-state index in [0.717, 1.165) is 5.69 Å². The predicted molar refractivity (Wildman–Crippen MR) is 88.1 cm³/mol. The third-order valence-electron chi connectivity index (χ3n) is 3.94. The molecule has 1 saturated heterocycles. The first-order chi connectivity index (χ1) is 11.5. The number of piperazine rings is 1. The average Bonchev–Trinajstić information content (AvgIpc) is 2.59. The summed E-state index contributed by atoms with van der Waals surface area (Å²) >= 11 is 0. The van der Waals surface area contributed by atoms with E-state index in [4.69, 9.17) is 0 Å². The molecule has 0 aliphatic carbocycles. The van der Waals surface area contributed by atoms with Crippen molar-refractivity contribution >= 4 is 23.3 Å². The molecule has 0 spiro atoms. The van der Waals surface area contributed by atoms with E-state index >= 15 is 0 Å². The van der Waals surface area contributed by atoms with Crippen LogP contribution in [0.1, 0.15) is 19.8 Å². The Bertz CT molecular complexity index is 613. The number of rotatable bonds is 6. The lowest BCUT2D eigenvalue weighted by molar-refractivity contribution is -0.139. The summed E-state index contributed by atoms with van der Waals surface area (Å²) in [5, 5.41) is 2.37. The van der Waals surface area contributed by atoms with Crippen molar-refractivity contribution in [1.82, 2.24) is 10.2 Å². The second-order valence-corrected chi connectivity index (χ2v) is 5.70. The molecule has 0 saturated carbocycles. The van der Waals surface area contributed by atoms with E-state index in [9.17, 15) is 18.8 Å². The van der Waals surface area contributed by atoms with E-state index < -0.39 is 11.7 Å². The molecule has 0 bridgehead atoms. The summed E-state index contributed by atoms with van der Waals surface area (Å²) in [6.07, 6.45) is 0.786. The number of Topliss-reactive ketones (excluding diaryl/α,β-unsaturated/α-hetero) is 1. The Morgan fingerprint density at radius 3 is 2.50 bits per heavy atom. The first-order valence-electron chi connectivity index (χ1n) is 8.10. The van der Waals surface area contributed by atoms with E-state index in [1.807, 2.05) is 17.9 Å². The summed E-state index contributed by atoms with van der Waals surface area (Å²) in [5.74, 6) is -1.71. The molecule has 7 heteroatoms. The lowest BCUT2D eigenvalue weighted by Crippen LogP contribution is -2.51. The number of nitrogens with one attached hydrogen (secondary N) is 1. The third-order valence-corrected chi connectivity index (χ3v) is 3.94. The fourth-order valence-corrected chi connectivity index (χ4v) is 2.59. The van der Waals surface area contributed by atoms with Gasteiger partial charge >= 0.3 is 0 Å². The molecule has 2 amide bonds. The molecule has 0 atom stereocenters. The molecule has 130 valence electrons. The molecule has 0 unspecified atom stereocenters. The van der Waals surface area contributed by atoms with Crippen molar-refractivity contribution in [2.45, 2.75) is 19.8 Å². The highest BCUT2D eigenvalue weighted by atomic mass is 19.1. The Morgan fingerprint density at radius 2 is 1.88 bits per heavy atom. The quantitative estimate of drug-likeness (QED) is 0.786. The lowest BCUT2D eigenvalue weighted by atomic mass is 10.2. The van der Waals surface area contributed by atoms with Gasteiger partial charge in [-0.15, -0.1) is 0 Å². The first-order valence-corrected chi connectivity index (χ1v) is 8.10. The largest absolute Gasteiger partial charge is 0.368 e. The minimum Gasteiger partial charge on any atom is -0.368 e. The van der Waals surface area contributed by atoms with Crippen molar-refractivity contribution in [2.24, 2.45) is 0 Å². The molecule has 1 aliphatic heterocycles. The molecule has 2 rings (SSSR count). The van der Waals surface area contributed by atoms with Gasteiger partial charge in [0.25, 0.3) is 5.91 Å². The summed E-state index contributed by atoms with van der Waals surface area (Å²) in [6, 6.07) is 6.36. The van der Waals surface area contributed by atoms with Gasteiger partial charge in [0, 0.05) is 38.3 Å². The number of amides is 2. The van der Waals surface area contributed by atoms with Crippen molar-refractivity contribution in [3.05, 3.63) is 30.1 Å². The predicted octanol–water partition coefficient (Wildman–Crippen LogP) is 0.960. The Labute approximate surface area is 140 Å². The summed E-state index contributed by atoms with van der Waals surface area (Å²) < 4.78 is 13.3. The van der Waals surface area contributed by atoms with Crippen LogP contribution in [-0.4, -0.2) is 55.2 Å². The van der Waals surface area contributed by atoms with E-state index in [1.165, 1.54) is 12.1 Å². The van der Waals surface area contributed by atoms with E-state index in [0.29, 0.717) is 32.6 Å². The van der Waals surface area contributed by atoms with Crippen LogP contribution in [0.2, 0.25) is 0 Å². The Balaban J connectivity index is 1.78. The van der Waals surface area contributed by atoms with Gasteiger partial charge in [-0.05, 0) is 24.6 Å². The highest BCUT2D eigenvalue weighted by Gasteiger charge is 2.22. The molecular formula is C17H22FN3O3. The number of anilines is 1. The number of halogens is 1. The van der Waals surface area contributed by atoms with Crippen LogP contribution in [0.15, 0.2) is 24.3 Å². The van der Waals surface area contributed by atoms with Gasteiger partial charge in [0.15, 0.2) is 0 Å². The number of carbonyl (C=O) groups excluding carboxylic acids is 3. The maximum absolute atomic E-state index is 13.3. The molecule has 1 fully saturated rings. The van der Waals surface area contributed by atoms with Gasteiger partial charge in [-0.3, -0.25) is 14.4 Å². The monoisotopic (exact) mass is 335 g/mol. The fourth-order valence-electron chi connectivity index (χ4n) is 2.59. The maximum Gasteiger partial charge on any atom is 0.287 e. The Kier molecular flexibility index (Phi) is 6.28. The highest BCUT2D eigenvalue weighted by molar-refractivity contribution is 6.36. The molecule has 1 N–H and O–H groups in total. The van der Waals surface area contributed by atoms with Crippen molar-refractivity contribution in [2.75, 3.05) is 37.6 Å². The van der Waals surface area contributed by atoms with Crippen LogP contribution in [0.4, 0.5) is 10.1 Å². The molecular weight excluding hydrogens is 313 g/mol. The Hall–Kier alpha value is -2.44. The van der Waals surface area contributed by atoms with Crippen LogP contribution in [0.5, 0.6) is 0 Å². The van der Waals surface area contributed by atoms with Crippen LogP contribution in [0.3, 0.4) is 0 Å². The second-order valence-electron chi connectivity index (χ2n) is 5.70. The fraction of sp³-hybridized carbons (Fsp3) is 0.471. The zero-order chi connectivity index (χ0) is 17.5. The minimum absolute atomic E-state index is 0.172. The lowest BCUT2D eigenvalue weighted by Gasteiger charge is -2.36. The van der Waals surface area contributed by atoms with Crippen LogP contribution in [0, 0.1) is 5.82 Å². The SMILES string of the molecule is CCCC(=O)C(=O)NCC(=O)N1CCN(c2cccc(F)c2)CC1. The van der Waals surface area contributed by atoms with Gasteiger partial charge in [-0.2, -0.15) is 0 Å². The van der Waals surface area contributed by atoms with Crippen LogP contribution < -0.4 is 10.2 Å². The van der Waals surface area contributed by atoms with Gasteiger partial charge in [-0.1, -0.05) is 13.0 Å². The normalized spacial score (nSPS) is 14.4. The summed E-state index contributed by atoms with van der Waals surface area (Å²) in [7, 11) is 0. The molecule has 0 aromatic heterocycles. The van der Waals surface area contributed by atoms with Gasteiger partial charge in [-0.25, -0.2) is 4.39 Å². The summed E-state index contributed by atoms with van der Waals surface area (Å²) in [4.78, 5) is 38.7. The topological polar surface area (TPSA) is 69.7 Å². The van der Waals surface area contributed by atoms with E-state index in [-0.39, 0.29) is 24.7 Å². The van der Waals surface area contributed by atoms with Crippen LogP contribution >= 0.6 is 0 Å². The van der Waals surface area contributed by atoms with Gasteiger partial charge in [0.2, 0.25) is 11.7 Å².